The van der Waals surface area contributed by atoms with Crippen LogP contribution < -0.4 is 5.32 Å². The van der Waals surface area contributed by atoms with Gasteiger partial charge in [0.2, 0.25) is 0 Å². The third-order valence-electron chi connectivity index (χ3n) is 4.71. The summed E-state index contributed by atoms with van der Waals surface area (Å²) in [6.45, 7) is 4.84. The van der Waals surface area contributed by atoms with E-state index in [1.54, 1.807) is 0 Å². The van der Waals surface area contributed by atoms with Crippen LogP contribution in [-0.2, 0) is 4.74 Å². The van der Waals surface area contributed by atoms with Crippen molar-refractivity contribution in [3.8, 4) is 0 Å². The van der Waals surface area contributed by atoms with E-state index in [0.717, 1.165) is 55.7 Å². The van der Waals surface area contributed by atoms with E-state index in [1.807, 2.05) is 24.3 Å². The van der Waals surface area contributed by atoms with Gasteiger partial charge >= 0.3 is 0 Å². The molecule has 0 bridgehead atoms. The van der Waals surface area contributed by atoms with Gasteiger partial charge in [0.15, 0.2) is 0 Å². The number of rotatable bonds is 4. The highest BCUT2D eigenvalue weighted by atomic mass is 79.9. The molecule has 2 heterocycles. The number of piperidine rings is 1. The first kappa shape index (κ1) is 16.0. The van der Waals surface area contributed by atoms with Crippen molar-refractivity contribution in [3.63, 3.8) is 0 Å². The highest BCUT2D eigenvalue weighted by Crippen LogP contribution is 2.22. The monoisotopic (exact) mass is 366 g/mol. The fraction of sp³-hybridized carbons (Fsp3) is 0.588. The van der Waals surface area contributed by atoms with Crippen molar-refractivity contribution in [1.29, 1.82) is 0 Å². The summed E-state index contributed by atoms with van der Waals surface area (Å²) in [7, 11) is 0. The third-order valence-corrected chi connectivity index (χ3v) is 5.20. The fourth-order valence-corrected chi connectivity index (χ4v) is 3.70. The Morgan fingerprint density at radius 3 is 2.82 bits per heavy atom. The van der Waals surface area contributed by atoms with Crippen LogP contribution in [0.25, 0.3) is 0 Å². The lowest BCUT2D eigenvalue weighted by Gasteiger charge is -2.35. The molecule has 0 spiro atoms. The highest BCUT2D eigenvalue weighted by molar-refractivity contribution is 9.10. The van der Waals surface area contributed by atoms with Crippen LogP contribution in [0.3, 0.4) is 0 Å². The molecule has 1 N–H and O–H groups in total. The van der Waals surface area contributed by atoms with Crippen molar-refractivity contribution in [2.45, 2.75) is 25.3 Å². The van der Waals surface area contributed by atoms with Crippen LogP contribution in [0.2, 0.25) is 0 Å². The Bertz CT molecular complexity index is 509. The standard InChI is InChI=1S/C17H23BrN2O2/c18-15-3-1-2-14(10-15)17(21)19-11-13-4-7-20(8-5-13)16-6-9-22-12-16/h1-3,10,13,16H,4-9,11-12H2,(H,19,21). The molecule has 1 amide bonds. The number of carbonyl (C=O) groups is 1. The van der Waals surface area contributed by atoms with Gasteiger partial charge in [0.25, 0.3) is 5.91 Å². The van der Waals surface area contributed by atoms with E-state index >= 15 is 0 Å². The van der Waals surface area contributed by atoms with Gasteiger partial charge in [-0.2, -0.15) is 0 Å². The number of likely N-dealkylation sites (tertiary alicyclic amines) is 1. The number of carbonyl (C=O) groups excluding carboxylic acids is 1. The molecular weight excluding hydrogens is 344 g/mol. The van der Waals surface area contributed by atoms with Crippen LogP contribution in [0.1, 0.15) is 29.6 Å². The number of ether oxygens (including phenoxy) is 1. The van der Waals surface area contributed by atoms with Crippen LogP contribution in [0.4, 0.5) is 0 Å². The molecule has 0 aromatic heterocycles. The number of nitrogens with zero attached hydrogens (tertiary/aromatic N) is 1. The zero-order valence-corrected chi connectivity index (χ0v) is 14.3. The second-order valence-electron chi connectivity index (χ2n) is 6.22. The van der Waals surface area contributed by atoms with Crippen LogP contribution in [0.15, 0.2) is 28.7 Å². The Kier molecular flexibility index (Phi) is 5.50. The number of amides is 1. The molecule has 1 atom stereocenters. The van der Waals surface area contributed by atoms with E-state index in [4.69, 9.17) is 4.74 Å². The molecule has 1 unspecified atom stereocenters. The molecular formula is C17H23BrN2O2. The van der Waals surface area contributed by atoms with Crippen molar-refractivity contribution in [1.82, 2.24) is 10.2 Å². The maximum Gasteiger partial charge on any atom is 0.251 e. The first-order valence-corrected chi connectivity index (χ1v) is 8.87. The molecule has 0 radical (unpaired) electrons. The van der Waals surface area contributed by atoms with Gasteiger partial charge in [-0.3, -0.25) is 9.69 Å². The van der Waals surface area contributed by atoms with E-state index in [0.29, 0.717) is 12.0 Å². The second-order valence-corrected chi connectivity index (χ2v) is 7.13. The Morgan fingerprint density at radius 1 is 1.32 bits per heavy atom. The van der Waals surface area contributed by atoms with Gasteiger partial charge in [0.05, 0.1) is 6.61 Å². The zero-order valence-electron chi connectivity index (χ0n) is 12.8. The molecule has 120 valence electrons. The maximum atomic E-state index is 12.2. The minimum Gasteiger partial charge on any atom is -0.380 e. The smallest absolute Gasteiger partial charge is 0.251 e. The second kappa shape index (κ2) is 7.57. The van der Waals surface area contributed by atoms with Crippen LogP contribution in [0, 0.1) is 5.92 Å². The summed E-state index contributed by atoms with van der Waals surface area (Å²) in [5, 5.41) is 3.08. The average molecular weight is 367 g/mol. The van der Waals surface area contributed by atoms with E-state index in [9.17, 15) is 4.79 Å². The first-order chi connectivity index (χ1) is 10.7. The van der Waals surface area contributed by atoms with Gasteiger partial charge in [-0.1, -0.05) is 22.0 Å². The molecule has 1 aromatic rings. The average Bonchev–Trinajstić information content (AvgIpc) is 3.07. The third kappa shape index (κ3) is 4.09. The lowest BCUT2D eigenvalue weighted by atomic mass is 9.95. The summed E-state index contributed by atoms with van der Waals surface area (Å²) < 4.78 is 6.41. The highest BCUT2D eigenvalue weighted by Gasteiger charge is 2.27. The molecule has 22 heavy (non-hydrogen) atoms. The van der Waals surface area contributed by atoms with E-state index in [-0.39, 0.29) is 5.91 Å². The van der Waals surface area contributed by atoms with E-state index in [2.05, 4.69) is 26.1 Å². The number of hydrogen-bond acceptors (Lipinski definition) is 3. The van der Waals surface area contributed by atoms with Crippen LogP contribution >= 0.6 is 15.9 Å². The van der Waals surface area contributed by atoms with Gasteiger partial charge < -0.3 is 10.1 Å². The van der Waals surface area contributed by atoms with Crippen molar-refractivity contribution in [2.75, 3.05) is 32.8 Å². The lowest BCUT2D eigenvalue weighted by molar-refractivity contribution is 0.0911. The molecule has 0 aliphatic carbocycles. The Balaban J connectivity index is 1.42. The normalized spacial score (nSPS) is 23.6. The largest absolute Gasteiger partial charge is 0.380 e. The molecule has 2 aliphatic heterocycles. The van der Waals surface area contributed by atoms with E-state index < -0.39 is 0 Å². The number of halogens is 1. The van der Waals surface area contributed by atoms with Crippen molar-refractivity contribution in [2.24, 2.45) is 5.92 Å². The first-order valence-electron chi connectivity index (χ1n) is 8.08. The molecule has 2 fully saturated rings. The number of nitrogens with one attached hydrogen (secondary N) is 1. The Labute approximate surface area is 140 Å². The predicted octanol–water partition coefficient (Wildman–Crippen LogP) is 2.68. The minimum atomic E-state index is 0.0212. The Hall–Kier alpha value is -0.910. The summed E-state index contributed by atoms with van der Waals surface area (Å²) in [4.78, 5) is 14.7. The predicted molar refractivity (Wildman–Crippen MR) is 90.0 cm³/mol. The topological polar surface area (TPSA) is 41.6 Å². The van der Waals surface area contributed by atoms with Gasteiger partial charge in [0, 0.05) is 29.2 Å². The summed E-state index contributed by atoms with van der Waals surface area (Å²) in [6, 6.07) is 8.15. The van der Waals surface area contributed by atoms with Crippen molar-refractivity contribution < 1.29 is 9.53 Å². The van der Waals surface area contributed by atoms with Gasteiger partial charge in [-0.15, -0.1) is 0 Å². The molecule has 2 saturated heterocycles. The molecule has 0 saturated carbocycles. The molecule has 3 rings (SSSR count). The summed E-state index contributed by atoms with van der Waals surface area (Å²) >= 11 is 3.40. The fourth-order valence-electron chi connectivity index (χ4n) is 3.30. The summed E-state index contributed by atoms with van der Waals surface area (Å²) in [5.41, 5.74) is 0.718. The quantitative estimate of drug-likeness (QED) is 0.890. The van der Waals surface area contributed by atoms with E-state index in [1.165, 1.54) is 6.42 Å². The van der Waals surface area contributed by atoms with Crippen LogP contribution in [-0.4, -0.2) is 49.7 Å². The summed E-state index contributed by atoms with van der Waals surface area (Å²) in [5.74, 6) is 0.614. The van der Waals surface area contributed by atoms with Crippen molar-refractivity contribution >= 4 is 21.8 Å². The molecule has 2 aliphatic rings. The molecule has 4 nitrogen and oxygen atoms in total. The number of hydrogen-bond donors (Lipinski definition) is 1. The molecule has 1 aromatic carbocycles. The van der Waals surface area contributed by atoms with Gasteiger partial charge in [-0.05, 0) is 56.5 Å². The lowest BCUT2D eigenvalue weighted by Crippen LogP contribution is -2.43. The van der Waals surface area contributed by atoms with Gasteiger partial charge in [-0.25, -0.2) is 0 Å². The minimum absolute atomic E-state index is 0.0212. The zero-order chi connectivity index (χ0) is 15.4. The molecule has 5 heteroatoms. The maximum absolute atomic E-state index is 12.2. The Morgan fingerprint density at radius 2 is 2.14 bits per heavy atom. The number of benzene rings is 1. The van der Waals surface area contributed by atoms with Crippen molar-refractivity contribution in [3.05, 3.63) is 34.3 Å². The van der Waals surface area contributed by atoms with Crippen LogP contribution in [0.5, 0.6) is 0 Å². The SMILES string of the molecule is O=C(NCC1CCN(C2CCOC2)CC1)c1cccc(Br)c1. The summed E-state index contributed by atoms with van der Waals surface area (Å²) in [6.07, 6.45) is 3.49. The van der Waals surface area contributed by atoms with Gasteiger partial charge in [0.1, 0.15) is 0 Å².